The molecule has 0 bridgehead atoms. The molecule has 1 unspecified atom stereocenters. The standard InChI is InChI=1S/C17H21N3O3S/c21-15-9-18-16(22)12-10-19(6-7-20(12)15)17(23)14-8-11-4-2-1-3-5-13(11)24-14/h8,12H,1-7,9-10H2,(H,18,22). The number of carbonyl (C=O) groups excluding carboxylic acids is 3. The van der Waals surface area contributed by atoms with E-state index in [-0.39, 0.29) is 24.3 Å². The number of nitrogens with one attached hydrogen (secondary N) is 1. The maximum atomic E-state index is 12.9. The second kappa shape index (κ2) is 6.20. The van der Waals surface area contributed by atoms with Crippen LogP contribution in [0.3, 0.4) is 0 Å². The minimum atomic E-state index is -0.540. The summed E-state index contributed by atoms with van der Waals surface area (Å²) in [6, 6.07) is 1.51. The average Bonchev–Trinajstić information content (AvgIpc) is 2.88. The third-order valence-corrected chi connectivity index (χ3v) is 6.39. The Bertz CT molecular complexity index is 676. The Morgan fingerprint density at radius 3 is 2.88 bits per heavy atom. The molecule has 1 N–H and O–H groups in total. The van der Waals surface area contributed by atoms with E-state index >= 15 is 0 Å². The molecule has 1 atom stereocenters. The van der Waals surface area contributed by atoms with E-state index in [4.69, 9.17) is 0 Å². The first-order valence-corrected chi connectivity index (χ1v) is 9.43. The number of thiophene rings is 1. The molecule has 7 heteroatoms. The summed E-state index contributed by atoms with van der Waals surface area (Å²) in [5.41, 5.74) is 1.32. The molecule has 2 fully saturated rings. The number of amides is 3. The van der Waals surface area contributed by atoms with Gasteiger partial charge in [-0.25, -0.2) is 0 Å². The number of hydrogen-bond donors (Lipinski definition) is 1. The van der Waals surface area contributed by atoms with Gasteiger partial charge in [-0.1, -0.05) is 6.42 Å². The molecule has 0 radical (unpaired) electrons. The first-order chi connectivity index (χ1) is 11.6. The highest BCUT2D eigenvalue weighted by Gasteiger charge is 2.40. The number of rotatable bonds is 1. The van der Waals surface area contributed by atoms with Crippen LogP contribution in [0.4, 0.5) is 0 Å². The van der Waals surface area contributed by atoms with Crippen molar-refractivity contribution in [2.75, 3.05) is 26.2 Å². The van der Waals surface area contributed by atoms with Crippen LogP contribution in [0, 0.1) is 0 Å². The van der Waals surface area contributed by atoms with Crippen LogP contribution in [0.2, 0.25) is 0 Å². The van der Waals surface area contributed by atoms with Gasteiger partial charge in [-0.3, -0.25) is 14.4 Å². The van der Waals surface area contributed by atoms with Gasteiger partial charge in [0.25, 0.3) is 5.91 Å². The summed E-state index contributed by atoms with van der Waals surface area (Å²) in [5.74, 6) is -0.220. The van der Waals surface area contributed by atoms with E-state index in [1.54, 1.807) is 21.1 Å². The van der Waals surface area contributed by atoms with E-state index in [1.807, 2.05) is 6.07 Å². The van der Waals surface area contributed by atoms with Crippen LogP contribution in [-0.2, 0) is 22.4 Å². The number of nitrogens with zero attached hydrogens (tertiary/aromatic N) is 2. The normalized spacial score (nSPS) is 24.1. The Kier molecular flexibility index (Phi) is 4.04. The van der Waals surface area contributed by atoms with Crippen LogP contribution in [0.25, 0.3) is 0 Å². The van der Waals surface area contributed by atoms with Crippen molar-refractivity contribution < 1.29 is 14.4 Å². The molecule has 1 aromatic heterocycles. The number of aryl methyl sites for hydroxylation is 2. The molecular formula is C17H21N3O3S. The van der Waals surface area contributed by atoms with Gasteiger partial charge in [0, 0.05) is 18.0 Å². The zero-order valence-electron chi connectivity index (χ0n) is 13.5. The molecule has 2 saturated heterocycles. The van der Waals surface area contributed by atoms with Gasteiger partial charge < -0.3 is 15.1 Å². The van der Waals surface area contributed by atoms with Gasteiger partial charge in [0.05, 0.1) is 18.0 Å². The molecule has 3 heterocycles. The maximum absolute atomic E-state index is 12.9. The molecule has 0 aromatic carbocycles. The molecular weight excluding hydrogens is 326 g/mol. The zero-order chi connectivity index (χ0) is 16.7. The van der Waals surface area contributed by atoms with Gasteiger partial charge in [-0.2, -0.15) is 0 Å². The maximum Gasteiger partial charge on any atom is 0.264 e. The van der Waals surface area contributed by atoms with Crippen molar-refractivity contribution in [1.82, 2.24) is 15.1 Å². The highest BCUT2D eigenvalue weighted by molar-refractivity contribution is 7.14. The highest BCUT2D eigenvalue weighted by atomic mass is 32.1. The lowest BCUT2D eigenvalue weighted by Gasteiger charge is -2.42. The van der Waals surface area contributed by atoms with E-state index in [1.165, 1.54) is 29.7 Å². The van der Waals surface area contributed by atoms with Crippen molar-refractivity contribution >= 4 is 29.1 Å². The molecule has 4 rings (SSSR count). The van der Waals surface area contributed by atoms with Crippen LogP contribution < -0.4 is 5.32 Å². The molecule has 1 aromatic rings. The van der Waals surface area contributed by atoms with Crippen molar-refractivity contribution in [3.63, 3.8) is 0 Å². The number of piperazine rings is 2. The highest BCUT2D eigenvalue weighted by Crippen LogP contribution is 2.30. The smallest absolute Gasteiger partial charge is 0.264 e. The van der Waals surface area contributed by atoms with Crippen molar-refractivity contribution in [3.8, 4) is 0 Å². The van der Waals surface area contributed by atoms with Gasteiger partial charge in [-0.05, 0) is 37.3 Å². The predicted octanol–water partition coefficient (Wildman–Crippen LogP) is 0.800. The summed E-state index contributed by atoms with van der Waals surface area (Å²) in [6.45, 7) is 1.30. The lowest BCUT2D eigenvalue weighted by atomic mass is 10.1. The van der Waals surface area contributed by atoms with Crippen molar-refractivity contribution in [2.24, 2.45) is 0 Å². The van der Waals surface area contributed by atoms with E-state index in [0.29, 0.717) is 19.6 Å². The largest absolute Gasteiger partial charge is 0.345 e. The summed E-state index contributed by atoms with van der Waals surface area (Å²) >= 11 is 1.61. The van der Waals surface area contributed by atoms with Crippen LogP contribution in [-0.4, -0.2) is 59.7 Å². The van der Waals surface area contributed by atoms with E-state index in [0.717, 1.165) is 17.7 Å². The quantitative estimate of drug-likeness (QED) is 0.764. The summed E-state index contributed by atoms with van der Waals surface area (Å²) in [5, 5.41) is 2.61. The Labute approximate surface area is 144 Å². The van der Waals surface area contributed by atoms with Crippen LogP contribution in [0.15, 0.2) is 6.07 Å². The fraction of sp³-hybridized carbons (Fsp3) is 0.588. The van der Waals surface area contributed by atoms with Crippen LogP contribution in [0.5, 0.6) is 0 Å². The molecule has 6 nitrogen and oxygen atoms in total. The lowest BCUT2D eigenvalue weighted by Crippen LogP contribution is -2.66. The summed E-state index contributed by atoms with van der Waals surface area (Å²) in [6.07, 6.45) is 5.79. The lowest BCUT2D eigenvalue weighted by molar-refractivity contribution is -0.148. The summed E-state index contributed by atoms with van der Waals surface area (Å²) in [4.78, 5) is 42.3. The molecule has 3 aliphatic rings. The minimum Gasteiger partial charge on any atom is -0.345 e. The van der Waals surface area contributed by atoms with Gasteiger partial charge in [0.2, 0.25) is 11.8 Å². The summed E-state index contributed by atoms with van der Waals surface area (Å²) < 4.78 is 0. The third kappa shape index (κ3) is 2.70. The van der Waals surface area contributed by atoms with Crippen LogP contribution in [0.1, 0.15) is 39.4 Å². The molecule has 0 saturated carbocycles. The molecule has 24 heavy (non-hydrogen) atoms. The van der Waals surface area contributed by atoms with Crippen molar-refractivity contribution in [1.29, 1.82) is 0 Å². The second-order valence-corrected chi connectivity index (χ2v) is 7.83. The van der Waals surface area contributed by atoms with Gasteiger partial charge in [-0.15, -0.1) is 11.3 Å². The zero-order valence-corrected chi connectivity index (χ0v) is 14.4. The number of fused-ring (bicyclic) bond motifs is 2. The summed E-state index contributed by atoms with van der Waals surface area (Å²) in [7, 11) is 0. The molecule has 2 aliphatic heterocycles. The second-order valence-electron chi connectivity index (χ2n) is 6.69. The van der Waals surface area contributed by atoms with E-state index in [2.05, 4.69) is 5.32 Å². The van der Waals surface area contributed by atoms with E-state index in [9.17, 15) is 14.4 Å². The molecule has 1 aliphatic carbocycles. The first-order valence-electron chi connectivity index (χ1n) is 8.61. The Morgan fingerprint density at radius 1 is 1.17 bits per heavy atom. The SMILES string of the molecule is O=C1NCC(=O)N2CCN(C(=O)c3cc4c(s3)CCCCC4)CC12. The first kappa shape index (κ1) is 15.6. The minimum absolute atomic E-state index is 0.00135. The molecule has 128 valence electrons. The topological polar surface area (TPSA) is 69.7 Å². The Morgan fingerprint density at radius 2 is 2.00 bits per heavy atom. The van der Waals surface area contributed by atoms with Crippen molar-refractivity contribution in [2.45, 2.75) is 38.1 Å². The fourth-order valence-electron chi connectivity index (χ4n) is 3.80. The van der Waals surface area contributed by atoms with Gasteiger partial charge >= 0.3 is 0 Å². The fourth-order valence-corrected chi connectivity index (χ4v) is 5.02. The van der Waals surface area contributed by atoms with E-state index < -0.39 is 6.04 Å². The van der Waals surface area contributed by atoms with Gasteiger partial charge in [0.1, 0.15) is 6.04 Å². The monoisotopic (exact) mass is 347 g/mol. The Balaban J connectivity index is 1.51. The van der Waals surface area contributed by atoms with Gasteiger partial charge in [0.15, 0.2) is 0 Å². The Hall–Kier alpha value is -1.89. The van der Waals surface area contributed by atoms with Crippen molar-refractivity contribution in [3.05, 3.63) is 21.4 Å². The molecule has 0 spiro atoms. The number of hydrogen-bond acceptors (Lipinski definition) is 4. The van der Waals surface area contributed by atoms with Crippen LogP contribution >= 0.6 is 11.3 Å². The average molecular weight is 347 g/mol. The number of carbonyl (C=O) groups is 3. The molecule has 3 amide bonds. The predicted molar refractivity (Wildman–Crippen MR) is 90.0 cm³/mol. The third-order valence-electron chi connectivity index (χ3n) is 5.16.